The zero-order valence-corrected chi connectivity index (χ0v) is 14.3. The minimum Gasteiger partial charge on any atom is -0.477 e. The Morgan fingerprint density at radius 1 is 1.29 bits per heavy atom. The summed E-state index contributed by atoms with van der Waals surface area (Å²) < 4.78 is 0. The quantitative estimate of drug-likeness (QED) is 0.623. The van der Waals surface area contributed by atoms with Crippen molar-refractivity contribution in [3.05, 3.63) is 10.6 Å². The molecule has 4 heterocycles. The zero-order valence-electron chi connectivity index (χ0n) is 13.4. The van der Waals surface area contributed by atoms with E-state index in [0.29, 0.717) is 24.8 Å². The minimum atomic E-state index is -1.01. The summed E-state index contributed by atoms with van der Waals surface area (Å²) in [6.45, 7) is 3.54. The summed E-state index contributed by atoms with van der Waals surface area (Å²) in [6, 6.07) is 0.318. The van der Waals surface area contributed by atoms with Gasteiger partial charge in [0.05, 0.1) is 6.04 Å². The summed E-state index contributed by atoms with van der Waals surface area (Å²) in [5.74, 6) is -0.571. The van der Waals surface area contributed by atoms with Crippen LogP contribution < -0.4 is 10.6 Å². The zero-order chi connectivity index (χ0) is 17.0. The molecule has 3 fully saturated rings. The number of nitrogens with zero attached hydrogens (tertiary/aromatic N) is 1. The van der Waals surface area contributed by atoms with Gasteiger partial charge in [-0.1, -0.05) is 6.92 Å². The molecule has 0 aromatic heterocycles. The number of hydrogen-bond acceptors (Lipinski definition) is 5. The van der Waals surface area contributed by atoms with E-state index in [2.05, 4.69) is 10.6 Å². The third-order valence-electron chi connectivity index (χ3n) is 5.65. The lowest BCUT2D eigenvalue weighted by Crippen LogP contribution is -2.51. The molecule has 0 aromatic rings. The molecule has 24 heavy (non-hydrogen) atoms. The van der Waals surface area contributed by atoms with Crippen LogP contribution in [0.2, 0.25) is 0 Å². The van der Waals surface area contributed by atoms with Crippen molar-refractivity contribution in [1.82, 2.24) is 15.5 Å². The van der Waals surface area contributed by atoms with Gasteiger partial charge in [-0.25, -0.2) is 4.79 Å². The van der Waals surface area contributed by atoms with Gasteiger partial charge in [0.2, 0.25) is 11.8 Å². The highest BCUT2D eigenvalue weighted by Gasteiger charge is 2.52. The van der Waals surface area contributed by atoms with Gasteiger partial charge in [-0.3, -0.25) is 9.59 Å². The number of β-lactam (4-membered cyclic amide) rings is 1. The summed E-state index contributed by atoms with van der Waals surface area (Å²) in [5.41, 5.74) is 0.190. The smallest absolute Gasteiger partial charge is 0.353 e. The molecule has 4 aliphatic heterocycles. The number of amides is 2. The minimum absolute atomic E-state index is 0.0212. The molecule has 5 atom stereocenters. The number of rotatable bonds is 4. The summed E-state index contributed by atoms with van der Waals surface area (Å²) >= 11 is 1.61. The first-order valence-electron chi connectivity index (χ1n) is 8.42. The fraction of sp³-hybridized carbons (Fsp3) is 0.688. The first kappa shape index (κ1) is 16.0. The summed E-state index contributed by atoms with van der Waals surface area (Å²) in [5, 5.41) is 16.2. The normalized spacial score (nSPS) is 38.4. The van der Waals surface area contributed by atoms with Crippen LogP contribution in [-0.4, -0.2) is 58.2 Å². The SMILES string of the molecule is CC1C(SC2CNC(C3CNC(=O)C3)C2)=C(C(=O)O)N2C(=O)CC12. The number of carbonyl (C=O) groups excluding carboxylic acids is 2. The Bertz CT molecular complexity index is 649. The second kappa shape index (κ2) is 5.77. The number of carboxylic acid groups (broad SMARTS) is 1. The molecule has 5 unspecified atom stereocenters. The first-order valence-corrected chi connectivity index (χ1v) is 9.30. The fourth-order valence-electron chi connectivity index (χ4n) is 4.29. The molecule has 7 nitrogen and oxygen atoms in total. The third-order valence-corrected chi connectivity index (χ3v) is 7.16. The molecular formula is C16H21N3O4S. The van der Waals surface area contributed by atoms with Gasteiger partial charge in [-0.15, -0.1) is 11.8 Å². The summed E-state index contributed by atoms with van der Waals surface area (Å²) in [4.78, 5) is 37.1. The number of carbonyl (C=O) groups is 3. The number of carboxylic acids is 1. The molecule has 3 saturated heterocycles. The number of hydrogen-bond donors (Lipinski definition) is 3. The highest BCUT2D eigenvalue weighted by Crippen LogP contribution is 2.49. The molecule has 0 spiro atoms. The maximum atomic E-state index is 11.8. The van der Waals surface area contributed by atoms with Gasteiger partial charge in [-0.05, 0) is 6.42 Å². The second-order valence-corrected chi connectivity index (χ2v) is 8.44. The molecule has 4 rings (SSSR count). The van der Waals surface area contributed by atoms with E-state index in [1.54, 1.807) is 11.8 Å². The Morgan fingerprint density at radius 3 is 2.71 bits per heavy atom. The average Bonchev–Trinajstić information content (AvgIpc) is 3.19. The van der Waals surface area contributed by atoms with E-state index < -0.39 is 5.97 Å². The lowest BCUT2D eigenvalue weighted by molar-refractivity contribution is -0.148. The molecule has 2 amide bonds. The van der Waals surface area contributed by atoms with Crippen LogP contribution >= 0.6 is 11.8 Å². The molecule has 0 aromatic carbocycles. The first-order chi connectivity index (χ1) is 11.5. The van der Waals surface area contributed by atoms with Crippen LogP contribution in [0.4, 0.5) is 0 Å². The number of fused-ring (bicyclic) bond motifs is 1. The van der Waals surface area contributed by atoms with Crippen molar-refractivity contribution in [2.45, 2.75) is 43.5 Å². The van der Waals surface area contributed by atoms with Gasteiger partial charge in [0.25, 0.3) is 0 Å². The second-order valence-electron chi connectivity index (χ2n) is 7.10. The lowest BCUT2D eigenvalue weighted by Gasteiger charge is -2.37. The van der Waals surface area contributed by atoms with Crippen molar-refractivity contribution in [2.75, 3.05) is 13.1 Å². The Labute approximate surface area is 144 Å². The van der Waals surface area contributed by atoms with Crippen molar-refractivity contribution in [1.29, 1.82) is 0 Å². The van der Waals surface area contributed by atoms with Crippen molar-refractivity contribution in [3.8, 4) is 0 Å². The Balaban J connectivity index is 1.46. The van der Waals surface area contributed by atoms with Gasteiger partial charge in [0.15, 0.2) is 0 Å². The van der Waals surface area contributed by atoms with Gasteiger partial charge in [0.1, 0.15) is 5.70 Å². The van der Waals surface area contributed by atoms with Crippen molar-refractivity contribution >= 4 is 29.5 Å². The van der Waals surface area contributed by atoms with Crippen molar-refractivity contribution in [3.63, 3.8) is 0 Å². The van der Waals surface area contributed by atoms with Crippen LogP contribution in [0.25, 0.3) is 0 Å². The number of thioether (sulfide) groups is 1. The van der Waals surface area contributed by atoms with Crippen LogP contribution in [0.3, 0.4) is 0 Å². The topological polar surface area (TPSA) is 98.7 Å². The lowest BCUT2D eigenvalue weighted by atomic mass is 9.94. The van der Waals surface area contributed by atoms with Crippen molar-refractivity contribution in [2.24, 2.45) is 11.8 Å². The monoisotopic (exact) mass is 351 g/mol. The van der Waals surface area contributed by atoms with E-state index in [1.807, 2.05) is 6.92 Å². The van der Waals surface area contributed by atoms with E-state index in [0.717, 1.165) is 24.4 Å². The predicted molar refractivity (Wildman–Crippen MR) is 88.0 cm³/mol. The van der Waals surface area contributed by atoms with Crippen LogP contribution in [0.5, 0.6) is 0 Å². The summed E-state index contributed by atoms with van der Waals surface area (Å²) in [6.07, 6.45) is 1.94. The van der Waals surface area contributed by atoms with E-state index >= 15 is 0 Å². The third kappa shape index (κ3) is 2.43. The Kier molecular flexibility index (Phi) is 3.84. The van der Waals surface area contributed by atoms with Crippen molar-refractivity contribution < 1.29 is 19.5 Å². The van der Waals surface area contributed by atoms with E-state index in [4.69, 9.17) is 0 Å². The largest absolute Gasteiger partial charge is 0.477 e. The van der Waals surface area contributed by atoms with E-state index in [1.165, 1.54) is 4.90 Å². The van der Waals surface area contributed by atoms with Crippen LogP contribution in [-0.2, 0) is 14.4 Å². The number of nitrogens with one attached hydrogen (secondary N) is 2. The molecule has 0 saturated carbocycles. The molecule has 3 N–H and O–H groups in total. The maximum Gasteiger partial charge on any atom is 0.353 e. The fourth-order valence-corrected chi connectivity index (χ4v) is 5.80. The highest BCUT2D eigenvalue weighted by atomic mass is 32.2. The molecular weight excluding hydrogens is 330 g/mol. The van der Waals surface area contributed by atoms with Crippen LogP contribution in [0.1, 0.15) is 26.2 Å². The molecule has 0 radical (unpaired) electrons. The van der Waals surface area contributed by atoms with Gasteiger partial charge in [-0.2, -0.15) is 0 Å². The van der Waals surface area contributed by atoms with Gasteiger partial charge in [0, 0.05) is 54.0 Å². The summed E-state index contributed by atoms with van der Waals surface area (Å²) in [7, 11) is 0. The molecule has 4 aliphatic rings. The van der Waals surface area contributed by atoms with E-state index in [9.17, 15) is 19.5 Å². The average molecular weight is 351 g/mol. The standard InChI is InChI=1S/C16H21N3O4S/c1-7-11-4-13(21)19(11)14(16(22)23)15(7)24-9-3-10(17-6-9)8-2-12(20)18-5-8/h7-11,17H,2-6H2,1H3,(H,18,20)(H,22,23). The number of aliphatic carboxylic acids is 1. The highest BCUT2D eigenvalue weighted by molar-refractivity contribution is 8.03. The van der Waals surface area contributed by atoms with E-state index in [-0.39, 0.29) is 34.7 Å². The van der Waals surface area contributed by atoms with Gasteiger partial charge < -0.3 is 20.6 Å². The van der Waals surface area contributed by atoms with Crippen LogP contribution in [0.15, 0.2) is 10.6 Å². The molecule has 130 valence electrons. The van der Waals surface area contributed by atoms with Gasteiger partial charge >= 0.3 is 5.97 Å². The molecule has 0 bridgehead atoms. The van der Waals surface area contributed by atoms with Crippen LogP contribution in [0, 0.1) is 11.8 Å². The molecule has 0 aliphatic carbocycles. The maximum absolute atomic E-state index is 11.8. The predicted octanol–water partition coefficient (Wildman–Crippen LogP) is 0.133. The Morgan fingerprint density at radius 2 is 2.08 bits per heavy atom. The molecule has 8 heteroatoms. The Hall–Kier alpha value is -1.54.